The van der Waals surface area contributed by atoms with E-state index in [1.54, 1.807) is 7.11 Å². The second-order valence-electron chi connectivity index (χ2n) is 6.93. The van der Waals surface area contributed by atoms with E-state index in [2.05, 4.69) is 10.3 Å². The lowest BCUT2D eigenvalue weighted by atomic mass is 9.99. The molecule has 1 aromatic rings. The van der Waals surface area contributed by atoms with E-state index >= 15 is 0 Å². The summed E-state index contributed by atoms with van der Waals surface area (Å²) in [6.45, 7) is 2.40. The molecule has 1 aliphatic carbocycles. The SMILES string of the molecule is COCCN1C(=O)N[C@@H]2CN(C(=O)c3cc[nH]c3C3CC3)CC[C@@H]21. The minimum Gasteiger partial charge on any atom is -0.383 e. The number of methoxy groups -OCH3 is 1. The van der Waals surface area contributed by atoms with Crippen LogP contribution in [0.1, 0.15) is 41.2 Å². The molecular formula is C17H24N4O3. The summed E-state index contributed by atoms with van der Waals surface area (Å²) >= 11 is 0. The number of hydrogen-bond acceptors (Lipinski definition) is 3. The smallest absolute Gasteiger partial charge is 0.318 e. The van der Waals surface area contributed by atoms with E-state index in [-0.39, 0.29) is 24.0 Å². The molecule has 2 aliphatic heterocycles. The molecule has 7 heteroatoms. The van der Waals surface area contributed by atoms with E-state index < -0.39 is 0 Å². The predicted octanol–water partition coefficient (Wildman–Crippen LogP) is 1.15. The number of H-pyrrole nitrogens is 1. The number of urea groups is 1. The molecule has 2 saturated heterocycles. The average Bonchev–Trinajstić information content (AvgIpc) is 3.22. The highest BCUT2D eigenvalue weighted by atomic mass is 16.5. The van der Waals surface area contributed by atoms with Crippen molar-refractivity contribution in [3.05, 3.63) is 23.5 Å². The molecule has 24 heavy (non-hydrogen) atoms. The van der Waals surface area contributed by atoms with Crippen molar-refractivity contribution in [2.75, 3.05) is 33.4 Å². The second-order valence-corrected chi connectivity index (χ2v) is 6.93. The monoisotopic (exact) mass is 332 g/mol. The maximum atomic E-state index is 12.9. The predicted molar refractivity (Wildman–Crippen MR) is 88.0 cm³/mol. The Morgan fingerprint density at radius 3 is 2.96 bits per heavy atom. The molecule has 0 radical (unpaired) electrons. The lowest BCUT2D eigenvalue weighted by molar-refractivity contribution is 0.0641. The Hall–Kier alpha value is -2.02. The first-order valence-corrected chi connectivity index (χ1v) is 8.71. The summed E-state index contributed by atoms with van der Waals surface area (Å²) in [4.78, 5) is 32.0. The number of likely N-dealkylation sites (tertiary alicyclic amines) is 1. The van der Waals surface area contributed by atoms with Crippen LogP contribution in [0.25, 0.3) is 0 Å². The van der Waals surface area contributed by atoms with Crippen LogP contribution in [-0.4, -0.2) is 72.2 Å². The van der Waals surface area contributed by atoms with Gasteiger partial charge in [0.1, 0.15) is 0 Å². The van der Waals surface area contributed by atoms with E-state index in [9.17, 15) is 9.59 Å². The van der Waals surface area contributed by atoms with Crippen molar-refractivity contribution in [1.82, 2.24) is 20.1 Å². The number of nitrogens with zero attached hydrogens (tertiary/aromatic N) is 2. The van der Waals surface area contributed by atoms with Gasteiger partial charge in [-0.3, -0.25) is 4.79 Å². The van der Waals surface area contributed by atoms with Gasteiger partial charge in [0, 0.05) is 38.6 Å². The van der Waals surface area contributed by atoms with Crippen molar-refractivity contribution in [2.45, 2.75) is 37.3 Å². The summed E-state index contributed by atoms with van der Waals surface area (Å²) in [6.07, 6.45) is 4.99. The third-order valence-electron chi connectivity index (χ3n) is 5.36. The van der Waals surface area contributed by atoms with Gasteiger partial charge in [-0.1, -0.05) is 0 Å². The number of aromatic amines is 1. The normalized spacial score (nSPS) is 26.5. The van der Waals surface area contributed by atoms with Crippen LogP contribution >= 0.6 is 0 Å². The van der Waals surface area contributed by atoms with E-state index in [1.165, 1.54) is 0 Å². The minimum absolute atomic E-state index is 0.00960. The van der Waals surface area contributed by atoms with Gasteiger partial charge < -0.3 is 24.8 Å². The molecule has 2 N–H and O–H groups in total. The summed E-state index contributed by atoms with van der Waals surface area (Å²) in [7, 11) is 1.64. The number of hydrogen-bond donors (Lipinski definition) is 2. The fraction of sp³-hybridized carbons (Fsp3) is 0.647. The zero-order chi connectivity index (χ0) is 16.7. The average molecular weight is 332 g/mol. The van der Waals surface area contributed by atoms with Gasteiger partial charge >= 0.3 is 6.03 Å². The van der Waals surface area contributed by atoms with Gasteiger partial charge in [0.25, 0.3) is 5.91 Å². The fourth-order valence-electron chi connectivity index (χ4n) is 3.94. The van der Waals surface area contributed by atoms with Crippen molar-refractivity contribution < 1.29 is 14.3 Å². The van der Waals surface area contributed by atoms with Crippen molar-refractivity contribution in [3.8, 4) is 0 Å². The van der Waals surface area contributed by atoms with Crippen molar-refractivity contribution >= 4 is 11.9 Å². The summed E-state index contributed by atoms with van der Waals surface area (Å²) < 4.78 is 5.09. The molecular weight excluding hydrogens is 308 g/mol. The Kier molecular flexibility index (Phi) is 3.96. The van der Waals surface area contributed by atoms with Crippen LogP contribution in [0.15, 0.2) is 12.3 Å². The minimum atomic E-state index is -0.0448. The zero-order valence-electron chi connectivity index (χ0n) is 14.0. The highest BCUT2D eigenvalue weighted by Crippen LogP contribution is 2.41. The van der Waals surface area contributed by atoms with E-state index in [0.29, 0.717) is 32.2 Å². The Bertz CT molecular complexity index is 640. The number of piperidine rings is 1. The summed E-state index contributed by atoms with van der Waals surface area (Å²) in [6, 6.07) is 2.01. The standard InChI is InChI=1S/C17H24N4O3/c1-24-9-8-21-14-5-7-20(10-13(14)19-17(21)23)16(22)12-4-6-18-15(12)11-2-3-11/h4,6,11,13-14,18H,2-3,5,7-10H2,1H3,(H,19,23)/t13-,14+/m1/s1. The maximum Gasteiger partial charge on any atom is 0.318 e. The number of fused-ring (bicyclic) bond motifs is 1. The zero-order valence-corrected chi connectivity index (χ0v) is 14.0. The van der Waals surface area contributed by atoms with Gasteiger partial charge in [0.05, 0.1) is 24.3 Å². The van der Waals surface area contributed by atoms with Gasteiger partial charge in [-0.15, -0.1) is 0 Å². The molecule has 7 nitrogen and oxygen atoms in total. The van der Waals surface area contributed by atoms with Crippen LogP contribution in [0, 0.1) is 0 Å². The van der Waals surface area contributed by atoms with Crippen LogP contribution in [0.5, 0.6) is 0 Å². The molecule has 3 heterocycles. The third kappa shape index (κ3) is 2.66. The summed E-state index contributed by atoms with van der Waals surface area (Å²) in [5, 5.41) is 3.02. The van der Waals surface area contributed by atoms with Crippen LogP contribution < -0.4 is 5.32 Å². The third-order valence-corrected chi connectivity index (χ3v) is 5.36. The van der Waals surface area contributed by atoms with Gasteiger partial charge in [0.15, 0.2) is 0 Å². The fourth-order valence-corrected chi connectivity index (χ4v) is 3.94. The quantitative estimate of drug-likeness (QED) is 0.849. The van der Waals surface area contributed by atoms with Crippen LogP contribution in [-0.2, 0) is 4.74 Å². The topological polar surface area (TPSA) is 77.7 Å². The first-order chi connectivity index (χ1) is 11.7. The molecule has 0 unspecified atom stereocenters. The van der Waals surface area contributed by atoms with Crippen molar-refractivity contribution in [2.24, 2.45) is 0 Å². The lowest BCUT2D eigenvalue weighted by Gasteiger charge is -2.36. The first-order valence-electron chi connectivity index (χ1n) is 8.71. The molecule has 0 aromatic carbocycles. The van der Waals surface area contributed by atoms with Crippen molar-refractivity contribution in [1.29, 1.82) is 0 Å². The van der Waals surface area contributed by atoms with Crippen LogP contribution in [0.4, 0.5) is 4.79 Å². The second kappa shape index (κ2) is 6.12. The maximum absolute atomic E-state index is 12.9. The number of ether oxygens (including phenoxy) is 1. The van der Waals surface area contributed by atoms with Crippen LogP contribution in [0.2, 0.25) is 0 Å². The van der Waals surface area contributed by atoms with Gasteiger partial charge in [-0.25, -0.2) is 4.79 Å². The molecule has 1 saturated carbocycles. The van der Waals surface area contributed by atoms with Gasteiger partial charge in [-0.05, 0) is 31.2 Å². The molecule has 130 valence electrons. The molecule has 0 bridgehead atoms. The first kappa shape index (κ1) is 15.5. The van der Waals surface area contributed by atoms with E-state index in [4.69, 9.17) is 4.74 Å². The number of aromatic nitrogens is 1. The molecule has 1 aromatic heterocycles. The lowest BCUT2D eigenvalue weighted by Crippen LogP contribution is -2.53. The molecule has 3 fully saturated rings. The summed E-state index contributed by atoms with van der Waals surface area (Å²) in [5.41, 5.74) is 1.89. The van der Waals surface area contributed by atoms with E-state index in [1.807, 2.05) is 22.1 Å². The van der Waals surface area contributed by atoms with Gasteiger partial charge in [0.2, 0.25) is 0 Å². The molecule has 2 atom stereocenters. The molecule has 4 rings (SSSR count). The molecule has 0 spiro atoms. The number of carbonyl (C=O) groups excluding carboxylic acids is 2. The number of amides is 3. The Morgan fingerprint density at radius 2 is 2.21 bits per heavy atom. The summed E-state index contributed by atoms with van der Waals surface area (Å²) in [5.74, 6) is 0.605. The molecule has 3 aliphatic rings. The largest absolute Gasteiger partial charge is 0.383 e. The number of carbonyl (C=O) groups is 2. The van der Waals surface area contributed by atoms with Crippen LogP contribution in [0.3, 0.4) is 0 Å². The van der Waals surface area contributed by atoms with Crippen molar-refractivity contribution in [3.63, 3.8) is 0 Å². The van der Waals surface area contributed by atoms with Gasteiger partial charge in [-0.2, -0.15) is 0 Å². The number of rotatable bonds is 5. The Balaban J connectivity index is 1.44. The Morgan fingerprint density at radius 1 is 1.38 bits per heavy atom. The number of nitrogens with one attached hydrogen (secondary N) is 2. The highest BCUT2D eigenvalue weighted by molar-refractivity contribution is 5.96. The molecule has 3 amide bonds. The highest BCUT2D eigenvalue weighted by Gasteiger charge is 2.43. The van der Waals surface area contributed by atoms with E-state index in [0.717, 1.165) is 30.5 Å². The Labute approximate surface area is 141 Å².